The van der Waals surface area contributed by atoms with Crippen LogP contribution < -0.4 is 11.1 Å². The Morgan fingerprint density at radius 3 is 2.65 bits per heavy atom. The SMILES string of the molecule is NCC1(CNC(=O)c2ccc3c(c2)CCC3)CCCC1. The molecule has 0 bridgehead atoms. The van der Waals surface area contributed by atoms with Gasteiger partial charge in [-0.3, -0.25) is 4.79 Å². The van der Waals surface area contributed by atoms with Crippen molar-refractivity contribution in [2.24, 2.45) is 11.1 Å². The molecular weight excluding hydrogens is 248 g/mol. The van der Waals surface area contributed by atoms with Crippen molar-refractivity contribution in [1.29, 1.82) is 0 Å². The summed E-state index contributed by atoms with van der Waals surface area (Å²) in [7, 11) is 0. The zero-order valence-corrected chi connectivity index (χ0v) is 12.1. The van der Waals surface area contributed by atoms with Gasteiger partial charge >= 0.3 is 0 Å². The van der Waals surface area contributed by atoms with Crippen LogP contribution in [0.5, 0.6) is 0 Å². The van der Waals surface area contributed by atoms with E-state index in [-0.39, 0.29) is 11.3 Å². The van der Waals surface area contributed by atoms with Gasteiger partial charge in [-0.1, -0.05) is 18.9 Å². The highest BCUT2D eigenvalue weighted by Crippen LogP contribution is 2.36. The Morgan fingerprint density at radius 1 is 1.15 bits per heavy atom. The number of carbonyl (C=O) groups excluding carboxylic acids is 1. The van der Waals surface area contributed by atoms with Crippen molar-refractivity contribution in [2.45, 2.75) is 44.9 Å². The number of nitrogens with one attached hydrogen (secondary N) is 1. The Bertz CT molecular complexity index is 504. The van der Waals surface area contributed by atoms with Crippen LogP contribution in [0.3, 0.4) is 0 Å². The molecule has 1 aromatic rings. The molecule has 0 aliphatic heterocycles. The minimum Gasteiger partial charge on any atom is -0.351 e. The van der Waals surface area contributed by atoms with Crippen LogP contribution in [-0.4, -0.2) is 19.0 Å². The number of carbonyl (C=O) groups is 1. The van der Waals surface area contributed by atoms with Gasteiger partial charge in [0.05, 0.1) is 0 Å². The summed E-state index contributed by atoms with van der Waals surface area (Å²) in [4.78, 5) is 12.3. The standard InChI is InChI=1S/C17H24N2O/c18-11-17(8-1-2-9-17)12-19-16(20)15-7-6-13-4-3-5-14(13)10-15/h6-7,10H,1-5,8-9,11-12,18H2,(H,19,20). The molecule has 2 aliphatic carbocycles. The van der Waals surface area contributed by atoms with Crippen molar-refractivity contribution in [1.82, 2.24) is 5.32 Å². The van der Waals surface area contributed by atoms with Crippen molar-refractivity contribution >= 4 is 5.91 Å². The van der Waals surface area contributed by atoms with Gasteiger partial charge in [-0.05, 0) is 67.3 Å². The van der Waals surface area contributed by atoms with Crippen LogP contribution >= 0.6 is 0 Å². The number of aryl methyl sites for hydroxylation is 2. The molecule has 0 unspecified atom stereocenters. The highest BCUT2D eigenvalue weighted by atomic mass is 16.1. The maximum Gasteiger partial charge on any atom is 0.251 e. The fourth-order valence-corrected chi connectivity index (χ4v) is 3.66. The fourth-order valence-electron chi connectivity index (χ4n) is 3.66. The molecule has 1 fully saturated rings. The third kappa shape index (κ3) is 2.59. The van der Waals surface area contributed by atoms with Crippen LogP contribution in [0.4, 0.5) is 0 Å². The van der Waals surface area contributed by atoms with Gasteiger partial charge in [-0.2, -0.15) is 0 Å². The van der Waals surface area contributed by atoms with Gasteiger partial charge in [0.25, 0.3) is 5.91 Å². The lowest BCUT2D eigenvalue weighted by molar-refractivity contribution is 0.0932. The lowest BCUT2D eigenvalue weighted by atomic mass is 9.86. The molecule has 1 aromatic carbocycles. The van der Waals surface area contributed by atoms with Crippen molar-refractivity contribution in [3.05, 3.63) is 34.9 Å². The molecule has 0 atom stereocenters. The summed E-state index contributed by atoms with van der Waals surface area (Å²) in [6, 6.07) is 6.15. The number of amides is 1. The first-order valence-corrected chi connectivity index (χ1v) is 7.83. The van der Waals surface area contributed by atoms with Crippen LogP contribution in [0.2, 0.25) is 0 Å². The van der Waals surface area contributed by atoms with Gasteiger partial charge in [0.1, 0.15) is 0 Å². The molecule has 2 aliphatic rings. The van der Waals surface area contributed by atoms with Gasteiger partial charge in [-0.15, -0.1) is 0 Å². The topological polar surface area (TPSA) is 55.1 Å². The number of rotatable bonds is 4. The zero-order chi connectivity index (χ0) is 14.0. The molecule has 3 N–H and O–H groups in total. The molecule has 108 valence electrons. The zero-order valence-electron chi connectivity index (χ0n) is 12.1. The molecule has 3 heteroatoms. The molecule has 1 amide bonds. The predicted octanol–water partition coefficient (Wildman–Crippen LogP) is 2.42. The first kappa shape index (κ1) is 13.6. The maximum absolute atomic E-state index is 12.3. The molecule has 0 saturated heterocycles. The Hall–Kier alpha value is -1.35. The van der Waals surface area contributed by atoms with Gasteiger partial charge < -0.3 is 11.1 Å². The summed E-state index contributed by atoms with van der Waals surface area (Å²) in [5, 5.41) is 3.10. The van der Waals surface area contributed by atoms with E-state index in [1.54, 1.807) is 0 Å². The number of benzene rings is 1. The molecule has 1 saturated carbocycles. The molecule has 20 heavy (non-hydrogen) atoms. The summed E-state index contributed by atoms with van der Waals surface area (Å²) in [6.07, 6.45) is 8.27. The number of fused-ring (bicyclic) bond motifs is 1. The Morgan fingerprint density at radius 2 is 1.90 bits per heavy atom. The molecular formula is C17H24N2O. The van der Waals surface area contributed by atoms with Crippen LogP contribution in [0.25, 0.3) is 0 Å². The second kappa shape index (κ2) is 5.57. The molecule has 0 radical (unpaired) electrons. The normalized spacial score (nSPS) is 19.9. The summed E-state index contributed by atoms with van der Waals surface area (Å²) in [5.74, 6) is 0.0550. The van der Waals surface area contributed by atoms with E-state index >= 15 is 0 Å². The molecule has 3 rings (SSSR count). The molecule has 3 nitrogen and oxygen atoms in total. The lowest BCUT2D eigenvalue weighted by Crippen LogP contribution is -2.40. The average Bonchev–Trinajstić information content (AvgIpc) is 3.13. The van der Waals surface area contributed by atoms with Crippen molar-refractivity contribution < 1.29 is 4.79 Å². The van der Waals surface area contributed by atoms with Crippen LogP contribution in [0.1, 0.15) is 53.6 Å². The quantitative estimate of drug-likeness (QED) is 0.884. The predicted molar refractivity (Wildman–Crippen MR) is 80.8 cm³/mol. The van der Waals surface area contributed by atoms with Gasteiger partial charge in [0.15, 0.2) is 0 Å². The molecule has 0 aromatic heterocycles. The van der Waals surface area contributed by atoms with Crippen molar-refractivity contribution in [3.63, 3.8) is 0 Å². The van der Waals surface area contributed by atoms with E-state index in [0.29, 0.717) is 6.54 Å². The summed E-state index contributed by atoms with van der Waals surface area (Å²) >= 11 is 0. The fraction of sp³-hybridized carbons (Fsp3) is 0.588. The summed E-state index contributed by atoms with van der Waals surface area (Å²) < 4.78 is 0. The highest BCUT2D eigenvalue weighted by Gasteiger charge is 2.32. The largest absolute Gasteiger partial charge is 0.351 e. The Labute approximate surface area is 120 Å². The lowest BCUT2D eigenvalue weighted by Gasteiger charge is -2.27. The second-order valence-electron chi connectivity index (χ2n) is 6.43. The smallest absolute Gasteiger partial charge is 0.251 e. The van der Waals surface area contributed by atoms with Crippen LogP contribution in [0.15, 0.2) is 18.2 Å². The summed E-state index contributed by atoms with van der Waals surface area (Å²) in [5.41, 5.74) is 9.63. The van der Waals surface area contributed by atoms with Gasteiger partial charge in [0, 0.05) is 12.1 Å². The molecule has 0 spiro atoms. The van der Waals surface area contributed by atoms with Crippen molar-refractivity contribution in [2.75, 3.05) is 13.1 Å². The first-order chi connectivity index (χ1) is 9.72. The van der Waals surface area contributed by atoms with E-state index in [2.05, 4.69) is 17.4 Å². The van der Waals surface area contributed by atoms with Gasteiger partial charge in [-0.25, -0.2) is 0 Å². The third-order valence-corrected chi connectivity index (χ3v) is 5.08. The minimum absolute atomic E-state index is 0.0550. The second-order valence-corrected chi connectivity index (χ2v) is 6.43. The van der Waals surface area contributed by atoms with E-state index in [1.165, 1.54) is 30.4 Å². The van der Waals surface area contributed by atoms with Crippen molar-refractivity contribution in [3.8, 4) is 0 Å². The minimum atomic E-state index is 0.0550. The van der Waals surface area contributed by atoms with E-state index in [9.17, 15) is 4.79 Å². The number of hydrogen-bond acceptors (Lipinski definition) is 2. The van der Waals surface area contributed by atoms with Crippen LogP contribution in [0, 0.1) is 5.41 Å². The maximum atomic E-state index is 12.3. The Balaban J connectivity index is 1.64. The van der Waals surface area contributed by atoms with E-state index in [1.807, 2.05) is 6.07 Å². The van der Waals surface area contributed by atoms with E-state index < -0.39 is 0 Å². The average molecular weight is 272 g/mol. The highest BCUT2D eigenvalue weighted by molar-refractivity contribution is 5.94. The summed E-state index contributed by atoms with van der Waals surface area (Å²) in [6.45, 7) is 1.40. The third-order valence-electron chi connectivity index (χ3n) is 5.08. The first-order valence-electron chi connectivity index (χ1n) is 7.83. The number of nitrogens with two attached hydrogens (primary N) is 1. The Kier molecular flexibility index (Phi) is 3.79. The van der Waals surface area contributed by atoms with Gasteiger partial charge in [0.2, 0.25) is 0 Å². The van der Waals surface area contributed by atoms with E-state index in [4.69, 9.17) is 5.73 Å². The monoisotopic (exact) mass is 272 g/mol. The van der Waals surface area contributed by atoms with E-state index in [0.717, 1.165) is 37.8 Å². The molecule has 0 heterocycles. The van der Waals surface area contributed by atoms with Crippen LogP contribution in [-0.2, 0) is 12.8 Å². The number of hydrogen-bond donors (Lipinski definition) is 2.